The molecule has 0 spiro atoms. The van der Waals surface area contributed by atoms with Gasteiger partial charge in [-0.1, -0.05) is 23.9 Å². The summed E-state index contributed by atoms with van der Waals surface area (Å²) in [5.74, 6) is -0.706. The third kappa shape index (κ3) is 6.43. The molecule has 0 aliphatic carbocycles. The van der Waals surface area contributed by atoms with Crippen LogP contribution in [0.4, 0.5) is 4.39 Å². The fourth-order valence-corrected chi connectivity index (χ4v) is 6.62. The van der Waals surface area contributed by atoms with Gasteiger partial charge in [-0.25, -0.2) is 9.07 Å². The molecule has 2 saturated heterocycles. The van der Waals surface area contributed by atoms with Crippen molar-refractivity contribution >= 4 is 40.7 Å². The summed E-state index contributed by atoms with van der Waals surface area (Å²) in [6, 6.07) is 16.8. The average molecular weight is 586 g/mol. The van der Waals surface area contributed by atoms with Crippen LogP contribution >= 0.6 is 11.8 Å². The summed E-state index contributed by atoms with van der Waals surface area (Å²) in [6.45, 7) is 6.17. The van der Waals surface area contributed by atoms with Gasteiger partial charge < -0.3 is 10.1 Å². The van der Waals surface area contributed by atoms with Crippen LogP contribution < -0.4 is 5.32 Å². The molecule has 1 N–H and O–H groups in total. The monoisotopic (exact) mass is 585 g/mol. The van der Waals surface area contributed by atoms with E-state index < -0.39 is 5.82 Å². The molecule has 1 unspecified atom stereocenters. The van der Waals surface area contributed by atoms with E-state index in [9.17, 15) is 9.18 Å². The van der Waals surface area contributed by atoms with E-state index in [0.29, 0.717) is 23.6 Å². The molecular formula is C33H36FN5O2S. The molecule has 6 rings (SSSR count). The van der Waals surface area contributed by atoms with Crippen molar-refractivity contribution < 1.29 is 13.9 Å². The second-order valence-electron chi connectivity index (χ2n) is 10.8. The Morgan fingerprint density at radius 3 is 2.76 bits per heavy atom. The van der Waals surface area contributed by atoms with Crippen molar-refractivity contribution in [2.45, 2.75) is 61.6 Å². The molecule has 7 nitrogen and oxygen atoms in total. The molecule has 4 aromatic rings. The number of carbonyl (C=O) groups is 1. The third-order valence-electron chi connectivity index (χ3n) is 7.73. The van der Waals surface area contributed by atoms with Crippen LogP contribution in [0.25, 0.3) is 23.1 Å². The number of benzene rings is 2. The van der Waals surface area contributed by atoms with E-state index in [4.69, 9.17) is 14.8 Å². The number of halogens is 1. The number of aromatic nitrogens is 3. The maximum atomic E-state index is 15.0. The number of hydrogen-bond acceptors (Lipinski definition) is 6. The molecule has 218 valence electrons. The molecule has 2 aromatic heterocycles. The second kappa shape index (κ2) is 13.2. The van der Waals surface area contributed by atoms with E-state index in [0.717, 1.165) is 71.8 Å². The van der Waals surface area contributed by atoms with E-state index in [-0.39, 0.29) is 12.1 Å². The van der Waals surface area contributed by atoms with Crippen molar-refractivity contribution in [1.82, 2.24) is 25.0 Å². The predicted octanol–water partition coefficient (Wildman–Crippen LogP) is 6.94. The topological polar surface area (TPSA) is 72.3 Å². The molecule has 42 heavy (non-hydrogen) atoms. The normalized spacial score (nSPS) is 17.8. The zero-order chi connectivity index (χ0) is 28.9. The minimum Gasteiger partial charge on any atom is -0.356 e. The highest BCUT2D eigenvalue weighted by molar-refractivity contribution is 7.99. The van der Waals surface area contributed by atoms with Crippen LogP contribution in [0.5, 0.6) is 0 Å². The first-order chi connectivity index (χ1) is 20.6. The number of likely N-dealkylation sites (tertiary alicyclic amines) is 1. The van der Waals surface area contributed by atoms with E-state index in [1.165, 1.54) is 30.7 Å². The van der Waals surface area contributed by atoms with Crippen molar-refractivity contribution in [1.29, 1.82) is 0 Å². The van der Waals surface area contributed by atoms with Gasteiger partial charge in [0.05, 0.1) is 33.1 Å². The Hall–Kier alpha value is -3.53. The van der Waals surface area contributed by atoms with Crippen LogP contribution in [0.2, 0.25) is 0 Å². The van der Waals surface area contributed by atoms with Crippen molar-refractivity contribution in [3.8, 4) is 0 Å². The van der Waals surface area contributed by atoms with Gasteiger partial charge in [0.15, 0.2) is 6.23 Å². The minimum atomic E-state index is -0.420. The zero-order valence-electron chi connectivity index (χ0n) is 23.9. The second-order valence-corrected chi connectivity index (χ2v) is 11.9. The van der Waals surface area contributed by atoms with Gasteiger partial charge in [-0.3, -0.25) is 14.7 Å². The lowest BCUT2D eigenvalue weighted by atomic mass is 10.1. The standard InChI is InChI=1S/C33H36FN5O2S/c1-2-35-33(40)27-11-8-12-28(34)32(27)42-25-15-16-26-29(37-39(30(26)21-25)31-13-3-6-20-41-31)17-14-23-9-7-10-24(36-23)22-38-18-4-5-19-38/h7-12,14-17,21,31H,2-6,13,18-20,22H2,1H3,(H,35,40)/b17-14+. The molecule has 4 heterocycles. The summed E-state index contributed by atoms with van der Waals surface area (Å²) in [5, 5.41) is 8.76. The van der Waals surface area contributed by atoms with Gasteiger partial charge in [0.2, 0.25) is 0 Å². The predicted molar refractivity (Wildman–Crippen MR) is 165 cm³/mol. The Kier molecular flexibility index (Phi) is 8.98. The van der Waals surface area contributed by atoms with Crippen LogP contribution in [0.3, 0.4) is 0 Å². The SMILES string of the molecule is CCNC(=O)c1cccc(F)c1Sc1ccc2c(/C=C/c3cccc(CN4CCCC4)n3)nn(C3CCCCO3)c2c1. The quantitative estimate of drug-likeness (QED) is 0.230. The van der Waals surface area contributed by atoms with Gasteiger partial charge in [-0.2, -0.15) is 5.10 Å². The minimum absolute atomic E-state index is 0.162. The largest absolute Gasteiger partial charge is 0.356 e. The number of ether oxygens (including phenoxy) is 1. The Morgan fingerprint density at radius 2 is 1.95 bits per heavy atom. The van der Waals surface area contributed by atoms with Crippen LogP contribution in [0.15, 0.2) is 64.4 Å². The summed E-state index contributed by atoms with van der Waals surface area (Å²) in [6.07, 6.45) is 9.38. The lowest BCUT2D eigenvalue weighted by Crippen LogP contribution is -2.23. The third-order valence-corrected chi connectivity index (χ3v) is 8.84. The lowest BCUT2D eigenvalue weighted by Gasteiger charge is -2.23. The number of hydrogen-bond donors (Lipinski definition) is 1. The number of carbonyl (C=O) groups excluding carboxylic acids is 1. The van der Waals surface area contributed by atoms with Gasteiger partial charge >= 0.3 is 0 Å². The molecule has 2 aliphatic rings. The molecule has 2 aliphatic heterocycles. The fraction of sp³-hybridized carbons (Fsp3) is 0.364. The molecule has 1 atom stereocenters. The molecule has 2 fully saturated rings. The number of amides is 1. The Balaban J connectivity index is 1.32. The molecule has 1 amide bonds. The van der Waals surface area contributed by atoms with Crippen LogP contribution in [0.1, 0.15) is 72.7 Å². The first-order valence-corrected chi connectivity index (χ1v) is 15.7. The van der Waals surface area contributed by atoms with Crippen molar-refractivity contribution in [2.24, 2.45) is 0 Å². The van der Waals surface area contributed by atoms with Crippen LogP contribution in [-0.4, -0.2) is 51.8 Å². The Bertz CT molecular complexity index is 1590. The Morgan fingerprint density at radius 1 is 1.10 bits per heavy atom. The highest BCUT2D eigenvalue weighted by Crippen LogP contribution is 2.36. The highest BCUT2D eigenvalue weighted by Gasteiger charge is 2.22. The molecular weight excluding hydrogens is 549 g/mol. The van der Waals surface area contributed by atoms with E-state index in [2.05, 4.69) is 22.3 Å². The number of pyridine rings is 1. The van der Waals surface area contributed by atoms with Crippen LogP contribution in [0, 0.1) is 5.82 Å². The average Bonchev–Trinajstić information content (AvgIpc) is 3.65. The van der Waals surface area contributed by atoms with E-state index in [1.807, 2.05) is 48.0 Å². The number of nitrogens with zero attached hydrogens (tertiary/aromatic N) is 4. The van der Waals surface area contributed by atoms with Crippen molar-refractivity contribution in [3.05, 3.63) is 83.1 Å². The van der Waals surface area contributed by atoms with Gasteiger partial charge in [-0.05, 0) is 107 Å². The summed E-state index contributed by atoms with van der Waals surface area (Å²) >= 11 is 1.25. The molecule has 9 heteroatoms. The maximum absolute atomic E-state index is 15.0. The smallest absolute Gasteiger partial charge is 0.252 e. The zero-order valence-corrected chi connectivity index (χ0v) is 24.7. The number of fused-ring (bicyclic) bond motifs is 1. The van der Waals surface area contributed by atoms with Crippen molar-refractivity contribution in [2.75, 3.05) is 26.2 Å². The molecule has 0 radical (unpaired) electrons. The van der Waals surface area contributed by atoms with Gasteiger partial charge in [0, 0.05) is 30.0 Å². The summed E-state index contributed by atoms with van der Waals surface area (Å²) in [4.78, 5) is 21.1. The highest BCUT2D eigenvalue weighted by atomic mass is 32.2. The van der Waals surface area contributed by atoms with Crippen molar-refractivity contribution in [3.63, 3.8) is 0 Å². The first kappa shape index (κ1) is 28.6. The molecule has 0 saturated carbocycles. The fourth-order valence-electron chi connectivity index (χ4n) is 5.64. The van der Waals surface area contributed by atoms with E-state index in [1.54, 1.807) is 12.1 Å². The maximum Gasteiger partial charge on any atom is 0.252 e. The summed E-state index contributed by atoms with van der Waals surface area (Å²) < 4.78 is 23.1. The molecule has 0 bridgehead atoms. The lowest BCUT2D eigenvalue weighted by molar-refractivity contribution is -0.0367. The molecule has 2 aromatic carbocycles. The number of rotatable bonds is 9. The van der Waals surface area contributed by atoms with Gasteiger partial charge in [0.1, 0.15) is 5.82 Å². The van der Waals surface area contributed by atoms with Gasteiger partial charge in [-0.15, -0.1) is 0 Å². The summed E-state index contributed by atoms with van der Waals surface area (Å²) in [7, 11) is 0. The number of nitrogens with one attached hydrogen (secondary N) is 1. The Labute approximate surface area is 250 Å². The first-order valence-electron chi connectivity index (χ1n) is 14.8. The summed E-state index contributed by atoms with van der Waals surface area (Å²) in [5.41, 5.74) is 4.04. The van der Waals surface area contributed by atoms with E-state index >= 15 is 0 Å². The van der Waals surface area contributed by atoms with Gasteiger partial charge in [0.25, 0.3) is 5.91 Å². The van der Waals surface area contributed by atoms with Crippen LogP contribution in [-0.2, 0) is 11.3 Å².